The third-order valence-electron chi connectivity index (χ3n) is 1.36. The normalized spacial score (nSPS) is 10.4. The van der Waals surface area contributed by atoms with E-state index in [2.05, 4.69) is 15.9 Å². The lowest BCUT2D eigenvalue weighted by atomic mass is 10.2. The predicted molar refractivity (Wildman–Crippen MR) is 53.5 cm³/mol. The molecule has 0 N–H and O–H groups in total. The summed E-state index contributed by atoms with van der Waals surface area (Å²) in [5.41, 5.74) is 1.08. The van der Waals surface area contributed by atoms with Gasteiger partial charge < -0.3 is 0 Å². The van der Waals surface area contributed by atoms with Crippen LogP contribution in [0.3, 0.4) is 0 Å². The van der Waals surface area contributed by atoms with E-state index in [4.69, 9.17) is 0 Å². The molecule has 0 saturated heterocycles. The van der Waals surface area contributed by atoms with Crippen LogP contribution in [0.1, 0.15) is 12.0 Å². The van der Waals surface area contributed by atoms with Crippen molar-refractivity contribution >= 4 is 28.3 Å². The van der Waals surface area contributed by atoms with Crippen molar-refractivity contribution in [3.8, 4) is 0 Å². The molecule has 0 aliphatic carbocycles. The number of halogens is 1. The van der Waals surface area contributed by atoms with Gasteiger partial charge in [-0.15, -0.1) is 0 Å². The van der Waals surface area contributed by atoms with Gasteiger partial charge in [0.15, 0.2) is 0 Å². The first-order chi connectivity index (χ1) is 5.83. The summed E-state index contributed by atoms with van der Waals surface area (Å²) >= 11 is 3.36. The van der Waals surface area contributed by atoms with Crippen LogP contribution < -0.4 is 0 Å². The topological polar surface area (TPSA) is 17.1 Å². The first-order valence-corrected chi connectivity index (χ1v) is 4.39. The molecule has 1 aromatic rings. The van der Waals surface area contributed by atoms with Gasteiger partial charge in [0.25, 0.3) is 0 Å². The Hall–Kier alpha value is -0.890. The highest BCUT2D eigenvalue weighted by Crippen LogP contribution is 2.12. The Balaban J connectivity index is 2.69. The average Bonchev–Trinajstić information content (AvgIpc) is 2.05. The second kappa shape index (κ2) is 4.88. The number of hydrogen-bond donors (Lipinski definition) is 0. The van der Waals surface area contributed by atoms with Crippen LogP contribution in [0.15, 0.2) is 34.8 Å². The van der Waals surface area contributed by atoms with E-state index in [1.165, 1.54) is 0 Å². The lowest BCUT2D eigenvalue weighted by Gasteiger charge is -1.92. The molecule has 0 aliphatic rings. The summed E-state index contributed by atoms with van der Waals surface area (Å²) in [6.45, 7) is 0. The van der Waals surface area contributed by atoms with Crippen LogP contribution in [0.25, 0.3) is 6.08 Å². The van der Waals surface area contributed by atoms with Gasteiger partial charge in [0.1, 0.15) is 0 Å². The molecule has 0 aromatic heterocycles. The fourth-order valence-corrected chi connectivity index (χ4v) is 1.27. The highest BCUT2D eigenvalue weighted by molar-refractivity contribution is 9.10. The maximum atomic E-state index is 9.88. The fraction of sp³-hybridized carbons (Fsp3) is 0.100. The minimum atomic E-state index is 0.354. The lowest BCUT2D eigenvalue weighted by molar-refractivity contribution is 0.556. The van der Waals surface area contributed by atoms with Gasteiger partial charge in [0, 0.05) is 10.9 Å². The summed E-state index contributed by atoms with van der Waals surface area (Å²) < 4.78 is 1.04. The number of rotatable bonds is 3. The van der Waals surface area contributed by atoms with Crippen molar-refractivity contribution in [1.82, 2.24) is 0 Å². The number of hydrogen-bond acceptors (Lipinski definition) is 1. The Morgan fingerprint density at radius 1 is 1.50 bits per heavy atom. The average molecular weight is 224 g/mol. The highest BCUT2D eigenvalue weighted by Gasteiger charge is 1.87. The first-order valence-electron chi connectivity index (χ1n) is 3.60. The smallest absolute Gasteiger partial charge is 0.202 e. The SMILES string of the molecule is O=[C]CC=Cc1cccc(Br)c1. The molecule has 61 valence electrons. The Morgan fingerprint density at radius 2 is 2.33 bits per heavy atom. The summed E-state index contributed by atoms with van der Waals surface area (Å²) in [5, 5.41) is 0. The molecule has 1 aromatic carbocycles. The monoisotopic (exact) mass is 223 g/mol. The third-order valence-corrected chi connectivity index (χ3v) is 1.85. The van der Waals surface area contributed by atoms with Crippen LogP contribution in [-0.2, 0) is 4.79 Å². The van der Waals surface area contributed by atoms with Crippen LogP contribution in [0, 0.1) is 0 Å². The molecule has 1 radical (unpaired) electrons. The molecule has 1 rings (SSSR count). The van der Waals surface area contributed by atoms with E-state index >= 15 is 0 Å². The van der Waals surface area contributed by atoms with E-state index in [-0.39, 0.29) is 0 Å². The molecule has 12 heavy (non-hydrogen) atoms. The molecular weight excluding hydrogens is 216 g/mol. The zero-order chi connectivity index (χ0) is 8.81. The molecule has 0 saturated carbocycles. The molecule has 2 heteroatoms. The molecule has 0 fully saturated rings. The molecule has 0 heterocycles. The zero-order valence-electron chi connectivity index (χ0n) is 6.46. The molecule has 1 nitrogen and oxygen atoms in total. The van der Waals surface area contributed by atoms with Crippen molar-refractivity contribution in [1.29, 1.82) is 0 Å². The minimum absolute atomic E-state index is 0.354. The van der Waals surface area contributed by atoms with E-state index in [1.807, 2.05) is 30.3 Å². The number of benzene rings is 1. The van der Waals surface area contributed by atoms with E-state index in [9.17, 15) is 4.79 Å². The second-order valence-corrected chi connectivity index (χ2v) is 3.22. The molecular formula is C10H8BrO. The quantitative estimate of drug-likeness (QED) is 0.771. The van der Waals surface area contributed by atoms with Crippen molar-refractivity contribution in [2.45, 2.75) is 6.42 Å². The Labute approximate surface area is 80.2 Å². The third kappa shape index (κ3) is 3.01. The fourth-order valence-electron chi connectivity index (χ4n) is 0.853. The zero-order valence-corrected chi connectivity index (χ0v) is 8.04. The highest BCUT2D eigenvalue weighted by atomic mass is 79.9. The Kier molecular flexibility index (Phi) is 3.74. The van der Waals surface area contributed by atoms with Crippen molar-refractivity contribution in [3.05, 3.63) is 40.4 Å². The van der Waals surface area contributed by atoms with Gasteiger partial charge in [-0.3, -0.25) is 4.79 Å². The van der Waals surface area contributed by atoms with Crippen LogP contribution in [0.4, 0.5) is 0 Å². The molecule has 0 spiro atoms. The van der Waals surface area contributed by atoms with E-state index in [1.54, 1.807) is 12.4 Å². The van der Waals surface area contributed by atoms with E-state index in [0.717, 1.165) is 10.0 Å². The first kappa shape index (κ1) is 9.20. The lowest BCUT2D eigenvalue weighted by Crippen LogP contribution is -1.71. The van der Waals surface area contributed by atoms with Crippen LogP contribution in [-0.4, -0.2) is 6.29 Å². The van der Waals surface area contributed by atoms with Crippen molar-refractivity contribution in [2.24, 2.45) is 0 Å². The van der Waals surface area contributed by atoms with Crippen molar-refractivity contribution < 1.29 is 4.79 Å². The maximum Gasteiger partial charge on any atom is 0.202 e. The van der Waals surface area contributed by atoms with E-state index < -0.39 is 0 Å². The standard InChI is InChI=1S/C10H8BrO/c11-10-6-3-5-9(8-10)4-1-2-7-12/h1,3-6,8H,2H2. The molecule has 0 unspecified atom stereocenters. The van der Waals surface area contributed by atoms with Crippen LogP contribution >= 0.6 is 15.9 Å². The summed E-state index contributed by atoms with van der Waals surface area (Å²) in [5.74, 6) is 0. The molecule has 0 atom stereocenters. The van der Waals surface area contributed by atoms with Crippen LogP contribution in [0.2, 0.25) is 0 Å². The predicted octanol–water partition coefficient (Wildman–Crippen LogP) is 2.96. The summed E-state index contributed by atoms with van der Waals surface area (Å²) in [6.07, 6.45) is 5.84. The van der Waals surface area contributed by atoms with E-state index in [0.29, 0.717) is 6.42 Å². The van der Waals surface area contributed by atoms with Crippen LogP contribution in [0.5, 0.6) is 0 Å². The molecule has 0 bridgehead atoms. The summed E-state index contributed by atoms with van der Waals surface area (Å²) in [6, 6.07) is 7.88. The largest absolute Gasteiger partial charge is 0.291 e. The van der Waals surface area contributed by atoms with Gasteiger partial charge in [-0.05, 0) is 17.7 Å². The van der Waals surface area contributed by atoms with Gasteiger partial charge in [-0.1, -0.05) is 40.2 Å². The van der Waals surface area contributed by atoms with Gasteiger partial charge >= 0.3 is 0 Å². The Bertz CT molecular complexity index is 292. The van der Waals surface area contributed by atoms with Crippen molar-refractivity contribution in [2.75, 3.05) is 0 Å². The van der Waals surface area contributed by atoms with Crippen molar-refractivity contribution in [3.63, 3.8) is 0 Å². The van der Waals surface area contributed by atoms with Gasteiger partial charge in [-0.25, -0.2) is 0 Å². The van der Waals surface area contributed by atoms with Gasteiger partial charge in [-0.2, -0.15) is 0 Å². The second-order valence-electron chi connectivity index (χ2n) is 2.31. The molecule has 0 aliphatic heterocycles. The minimum Gasteiger partial charge on any atom is -0.291 e. The van der Waals surface area contributed by atoms with Gasteiger partial charge in [0.05, 0.1) is 0 Å². The number of allylic oxidation sites excluding steroid dienone is 1. The number of carbonyl (C=O) groups excluding carboxylic acids is 1. The molecule has 0 amide bonds. The maximum absolute atomic E-state index is 9.88. The summed E-state index contributed by atoms with van der Waals surface area (Å²) in [7, 11) is 0. The summed E-state index contributed by atoms with van der Waals surface area (Å²) in [4.78, 5) is 9.88. The Morgan fingerprint density at radius 3 is 3.00 bits per heavy atom. The van der Waals surface area contributed by atoms with Gasteiger partial charge in [0.2, 0.25) is 6.29 Å².